The van der Waals surface area contributed by atoms with Crippen LogP contribution in [0.2, 0.25) is 0 Å². The molecule has 214 valence electrons. The summed E-state index contributed by atoms with van der Waals surface area (Å²) in [6.07, 6.45) is 0. The van der Waals surface area contributed by atoms with Gasteiger partial charge in [-0.05, 0) is 71.8 Å². The summed E-state index contributed by atoms with van der Waals surface area (Å²) in [6.45, 7) is 0. The third-order valence-corrected chi connectivity index (χ3v) is 9.71. The minimum Gasteiger partial charge on any atom is -0.456 e. The van der Waals surface area contributed by atoms with Gasteiger partial charge < -0.3 is 18.3 Å². The average molecular weight is 589 g/mol. The predicted octanol–water partition coefficient (Wildman–Crippen LogP) is 11.6. The number of rotatable bonds is 2. The van der Waals surface area contributed by atoms with Gasteiger partial charge in [-0.25, -0.2) is 0 Å². The van der Waals surface area contributed by atoms with Crippen LogP contribution in [-0.4, -0.2) is 9.13 Å². The smallest absolute Gasteiger partial charge is 0.152 e. The first kappa shape index (κ1) is 24.1. The molecule has 10 aromatic rings. The molecule has 4 heteroatoms. The number of fused-ring (bicyclic) bond motifs is 12. The van der Waals surface area contributed by atoms with E-state index in [1.54, 1.807) is 0 Å². The van der Waals surface area contributed by atoms with Crippen molar-refractivity contribution in [1.29, 1.82) is 0 Å². The average Bonchev–Trinajstić information content (AvgIpc) is 3.77. The van der Waals surface area contributed by atoms with Gasteiger partial charge >= 0.3 is 0 Å². The van der Waals surface area contributed by atoms with Crippen LogP contribution in [-0.2, 0) is 0 Å². The fraction of sp³-hybridized carbons (Fsp3) is 0. The number of hydrogen-bond acceptors (Lipinski definition) is 2. The standard InChI is InChI=1S/C42H24N2O2/c1-3-13-32-28(9-1)29-23-24-37-40(30-10-2-5-16-35(30)45-37)42(29)43(32)26-21-19-25(20-22-26)27-11-7-15-34-39(27)31-12-8-18-38-41(31)44(34)33-14-4-6-17-36(33)46-38/h1-24H. The maximum absolute atomic E-state index is 6.37. The topological polar surface area (TPSA) is 32.2 Å². The second-order valence-electron chi connectivity index (χ2n) is 12.1. The zero-order valence-corrected chi connectivity index (χ0v) is 24.6. The van der Waals surface area contributed by atoms with Crippen LogP contribution in [0.15, 0.2) is 150 Å². The molecule has 0 amide bonds. The molecule has 0 saturated heterocycles. The summed E-state index contributed by atoms with van der Waals surface area (Å²) >= 11 is 0. The highest BCUT2D eigenvalue weighted by atomic mass is 16.5. The molecule has 4 heterocycles. The molecule has 0 atom stereocenters. The van der Waals surface area contributed by atoms with Crippen LogP contribution in [0.1, 0.15) is 0 Å². The summed E-state index contributed by atoms with van der Waals surface area (Å²) in [7, 11) is 0. The van der Waals surface area contributed by atoms with Crippen LogP contribution < -0.4 is 4.74 Å². The van der Waals surface area contributed by atoms with Crippen molar-refractivity contribution in [2.45, 2.75) is 0 Å². The molecule has 0 saturated carbocycles. The van der Waals surface area contributed by atoms with Crippen LogP contribution in [0, 0.1) is 0 Å². The highest BCUT2D eigenvalue weighted by Crippen LogP contribution is 2.47. The first-order chi connectivity index (χ1) is 22.8. The van der Waals surface area contributed by atoms with E-state index in [0.717, 1.165) is 50.3 Å². The van der Waals surface area contributed by atoms with Crippen molar-refractivity contribution in [3.05, 3.63) is 146 Å². The molecule has 0 bridgehead atoms. The van der Waals surface area contributed by atoms with Crippen LogP contribution in [0.5, 0.6) is 11.5 Å². The lowest BCUT2D eigenvalue weighted by Crippen LogP contribution is -2.03. The normalized spacial score (nSPS) is 12.5. The minimum absolute atomic E-state index is 0.875. The Morgan fingerprint density at radius 2 is 1.15 bits per heavy atom. The highest BCUT2D eigenvalue weighted by molar-refractivity contribution is 6.24. The molecule has 0 spiro atoms. The molecule has 0 unspecified atom stereocenters. The van der Waals surface area contributed by atoms with Gasteiger partial charge in [-0.3, -0.25) is 0 Å². The minimum atomic E-state index is 0.875. The molecule has 1 aliphatic rings. The van der Waals surface area contributed by atoms with E-state index >= 15 is 0 Å². The first-order valence-corrected chi connectivity index (χ1v) is 15.6. The maximum atomic E-state index is 6.37. The zero-order chi connectivity index (χ0) is 29.9. The molecule has 0 fully saturated rings. The molecule has 1 aliphatic heterocycles. The summed E-state index contributed by atoms with van der Waals surface area (Å²) in [5.41, 5.74) is 11.0. The quantitative estimate of drug-likeness (QED) is 0.201. The van der Waals surface area contributed by atoms with Crippen molar-refractivity contribution in [2.24, 2.45) is 0 Å². The van der Waals surface area contributed by atoms with E-state index in [-0.39, 0.29) is 0 Å². The van der Waals surface area contributed by atoms with Crippen molar-refractivity contribution in [2.75, 3.05) is 0 Å². The monoisotopic (exact) mass is 588 g/mol. The summed E-state index contributed by atoms with van der Waals surface area (Å²) in [5, 5.41) is 7.16. The van der Waals surface area contributed by atoms with E-state index in [9.17, 15) is 0 Å². The number of aromatic nitrogens is 2. The van der Waals surface area contributed by atoms with Crippen LogP contribution in [0.3, 0.4) is 0 Å². The van der Waals surface area contributed by atoms with Crippen molar-refractivity contribution in [3.8, 4) is 34.0 Å². The van der Waals surface area contributed by atoms with Crippen molar-refractivity contribution < 1.29 is 9.15 Å². The molecule has 4 nitrogen and oxygen atoms in total. The van der Waals surface area contributed by atoms with E-state index in [2.05, 4.69) is 137 Å². The largest absolute Gasteiger partial charge is 0.456 e. The Bertz CT molecular complexity index is 2880. The van der Waals surface area contributed by atoms with Gasteiger partial charge in [0, 0.05) is 32.6 Å². The number of ether oxygens (including phenoxy) is 1. The van der Waals surface area contributed by atoms with E-state index in [4.69, 9.17) is 9.15 Å². The summed E-state index contributed by atoms with van der Waals surface area (Å²) in [4.78, 5) is 0. The van der Waals surface area contributed by atoms with Crippen LogP contribution in [0.4, 0.5) is 0 Å². The number of para-hydroxylation sites is 5. The Hall–Kier alpha value is -6.26. The van der Waals surface area contributed by atoms with Gasteiger partial charge in [0.15, 0.2) is 11.5 Å². The molecule has 11 rings (SSSR count). The number of benzene rings is 7. The number of nitrogens with zero attached hydrogens (tertiary/aromatic N) is 2. The lowest BCUT2D eigenvalue weighted by atomic mass is 9.99. The Labute approximate surface area is 262 Å². The van der Waals surface area contributed by atoms with E-state index in [1.165, 1.54) is 49.2 Å². The second-order valence-corrected chi connectivity index (χ2v) is 12.1. The number of furan rings is 1. The van der Waals surface area contributed by atoms with E-state index in [1.807, 2.05) is 18.2 Å². The van der Waals surface area contributed by atoms with Gasteiger partial charge in [0.2, 0.25) is 0 Å². The van der Waals surface area contributed by atoms with Crippen LogP contribution in [0.25, 0.3) is 88.1 Å². The third kappa shape index (κ3) is 3.03. The molecule has 7 aromatic carbocycles. The van der Waals surface area contributed by atoms with Gasteiger partial charge in [-0.2, -0.15) is 0 Å². The lowest BCUT2D eigenvalue weighted by molar-refractivity contribution is 0.476. The summed E-state index contributed by atoms with van der Waals surface area (Å²) in [6, 6.07) is 51.6. The molecular weight excluding hydrogens is 564 g/mol. The van der Waals surface area contributed by atoms with Crippen molar-refractivity contribution >= 4 is 65.6 Å². The fourth-order valence-electron chi connectivity index (χ4n) is 7.83. The van der Waals surface area contributed by atoms with Crippen molar-refractivity contribution in [3.63, 3.8) is 0 Å². The maximum Gasteiger partial charge on any atom is 0.152 e. The molecule has 0 radical (unpaired) electrons. The lowest BCUT2D eigenvalue weighted by Gasteiger charge is -2.20. The summed E-state index contributed by atoms with van der Waals surface area (Å²) < 4.78 is 17.4. The second kappa shape index (κ2) is 8.68. The van der Waals surface area contributed by atoms with Crippen molar-refractivity contribution in [1.82, 2.24) is 9.13 Å². The van der Waals surface area contributed by atoms with Gasteiger partial charge in [-0.15, -0.1) is 0 Å². The van der Waals surface area contributed by atoms with Gasteiger partial charge in [0.05, 0.1) is 33.1 Å². The van der Waals surface area contributed by atoms with E-state index < -0.39 is 0 Å². The Morgan fingerprint density at radius 1 is 0.413 bits per heavy atom. The van der Waals surface area contributed by atoms with E-state index in [0.29, 0.717) is 0 Å². The van der Waals surface area contributed by atoms with Crippen LogP contribution >= 0.6 is 0 Å². The third-order valence-electron chi connectivity index (χ3n) is 9.71. The molecule has 0 N–H and O–H groups in total. The molecule has 46 heavy (non-hydrogen) atoms. The molecule has 0 aliphatic carbocycles. The van der Waals surface area contributed by atoms with Gasteiger partial charge in [0.25, 0.3) is 0 Å². The van der Waals surface area contributed by atoms with Gasteiger partial charge in [0.1, 0.15) is 11.2 Å². The summed E-state index contributed by atoms with van der Waals surface area (Å²) in [5.74, 6) is 1.76. The Kier molecular flexibility index (Phi) is 4.55. The molecular formula is C42H24N2O2. The zero-order valence-electron chi connectivity index (χ0n) is 24.6. The first-order valence-electron chi connectivity index (χ1n) is 15.6. The SMILES string of the molecule is c1ccc2c(c1)Oc1cccc3c4c(-c5ccc(-n6c7ccccc7c7ccc8oc9ccccc9c8c76)cc5)cccc4n-2c13. The predicted molar refractivity (Wildman–Crippen MR) is 188 cm³/mol. The Balaban J connectivity index is 1.16. The highest BCUT2D eigenvalue weighted by Gasteiger charge is 2.25. The molecule has 3 aromatic heterocycles. The van der Waals surface area contributed by atoms with Gasteiger partial charge in [-0.1, -0.05) is 84.9 Å². The fourth-order valence-corrected chi connectivity index (χ4v) is 7.83. The number of hydrogen-bond donors (Lipinski definition) is 0. The Morgan fingerprint density at radius 3 is 2.09 bits per heavy atom.